The number of fused-ring (bicyclic) bond motifs is 1. The van der Waals surface area contributed by atoms with Crippen LogP contribution in [-0.4, -0.2) is 32.2 Å². The number of nitriles is 1. The molecule has 1 N–H and O–H groups in total. The van der Waals surface area contributed by atoms with E-state index in [0.29, 0.717) is 17.1 Å². The molecule has 25 heavy (non-hydrogen) atoms. The highest BCUT2D eigenvalue weighted by molar-refractivity contribution is 7.86. The molecule has 0 aliphatic carbocycles. The Bertz CT molecular complexity index is 809. The molecule has 1 aromatic carbocycles. The fraction of sp³-hybridized carbons (Fsp3) is 0.529. The van der Waals surface area contributed by atoms with E-state index < -0.39 is 27.9 Å². The van der Waals surface area contributed by atoms with E-state index in [4.69, 9.17) is 14.2 Å². The Labute approximate surface area is 148 Å². The molecule has 0 radical (unpaired) electrons. The zero-order valence-corrected chi connectivity index (χ0v) is 15.8. The smallest absolute Gasteiger partial charge is 0.264 e. The Kier molecular flexibility index (Phi) is 5.40. The third kappa shape index (κ3) is 4.50. The van der Waals surface area contributed by atoms with E-state index >= 15 is 0 Å². The van der Waals surface area contributed by atoms with Gasteiger partial charge in [-0.15, -0.1) is 0 Å². The molecule has 0 bridgehead atoms. The first kappa shape index (κ1) is 19.2. The van der Waals surface area contributed by atoms with Crippen LogP contribution in [0.5, 0.6) is 5.75 Å². The second-order valence-corrected chi connectivity index (χ2v) is 8.42. The summed E-state index contributed by atoms with van der Waals surface area (Å²) in [6, 6.07) is 6.66. The van der Waals surface area contributed by atoms with E-state index in [1.165, 1.54) is 0 Å². The minimum atomic E-state index is -3.73. The van der Waals surface area contributed by atoms with Crippen molar-refractivity contribution in [2.24, 2.45) is 10.9 Å². The predicted octanol–water partition coefficient (Wildman–Crippen LogP) is 2.37. The van der Waals surface area contributed by atoms with Crippen molar-refractivity contribution in [3.8, 4) is 11.9 Å². The zero-order chi connectivity index (χ0) is 18.8. The summed E-state index contributed by atoms with van der Waals surface area (Å²) in [6.07, 6.45) is 2.01. The number of rotatable bonds is 4. The summed E-state index contributed by atoms with van der Waals surface area (Å²) in [5.74, 6) is 1.04. The van der Waals surface area contributed by atoms with Crippen LogP contribution in [-0.2, 0) is 14.3 Å². The first-order valence-electron chi connectivity index (χ1n) is 7.94. The van der Waals surface area contributed by atoms with Gasteiger partial charge in [0.05, 0.1) is 6.26 Å². The largest absolute Gasteiger partial charge is 0.485 e. The molecule has 1 aliphatic rings. The molecule has 2 atom stereocenters. The Morgan fingerprint density at radius 1 is 1.40 bits per heavy atom. The van der Waals surface area contributed by atoms with Gasteiger partial charge in [-0.25, -0.2) is 0 Å². The fourth-order valence-electron chi connectivity index (χ4n) is 2.73. The first-order chi connectivity index (χ1) is 11.5. The second-order valence-electron chi connectivity index (χ2n) is 6.81. The normalized spacial score (nSPS) is 22.7. The van der Waals surface area contributed by atoms with Gasteiger partial charge in [0.15, 0.2) is 6.19 Å². The van der Waals surface area contributed by atoms with Crippen molar-refractivity contribution in [1.29, 1.82) is 5.26 Å². The van der Waals surface area contributed by atoms with Gasteiger partial charge < -0.3 is 4.74 Å². The third-order valence-electron chi connectivity index (χ3n) is 3.87. The number of nitrogens with zero attached hydrogens (tertiary/aromatic N) is 2. The average molecular weight is 365 g/mol. The molecule has 1 aliphatic heterocycles. The Balaban J connectivity index is 2.62. The lowest BCUT2D eigenvalue weighted by molar-refractivity contribution is -0.0387. The molecule has 0 amide bonds. The summed E-state index contributed by atoms with van der Waals surface area (Å²) in [6.45, 7) is 7.31. The number of hydrogen-bond acceptors (Lipinski definition) is 6. The van der Waals surface area contributed by atoms with Crippen LogP contribution in [0.3, 0.4) is 0 Å². The number of nitrogens with one attached hydrogen (secondary N) is 1. The van der Waals surface area contributed by atoms with Crippen LogP contribution in [0.1, 0.15) is 39.3 Å². The van der Waals surface area contributed by atoms with E-state index in [1.807, 2.05) is 44.3 Å². The van der Waals surface area contributed by atoms with Crippen molar-refractivity contribution in [3.05, 3.63) is 29.8 Å². The maximum atomic E-state index is 11.8. The Hall–Kier alpha value is -2.11. The van der Waals surface area contributed by atoms with Crippen LogP contribution >= 0.6 is 0 Å². The summed E-state index contributed by atoms with van der Waals surface area (Å²) in [5.41, 5.74) is -0.214. The highest BCUT2D eigenvalue weighted by Gasteiger charge is 2.47. The lowest BCUT2D eigenvalue weighted by atomic mass is 9.87. The molecule has 8 heteroatoms. The minimum absolute atomic E-state index is 0.0448. The summed E-state index contributed by atoms with van der Waals surface area (Å²) in [7, 11) is -3.73. The number of aliphatic imine (C=N–C) groups is 1. The van der Waals surface area contributed by atoms with Gasteiger partial charge in [-0.3, -0.25) is 14.5 Å². The maximum absolute atomic E-state index is 11.8. The van der Waals surface area contributed by atoms with Crippen molar-refractivity contribution in [2.75, 3.05) is 6.26 Å². The van der Waals surface area contributed by atoms with Crippen molar-refractivity contribution >= 4 is 16.0 Å². The third-order valence-corrected chi connectivity index (χ3v) is 4.43. The molecule has 1 aromatic rings. The van der Waals surface area contributed by atoms with Crippen LogP contribution in [0.4, 0.5) is 0 Å². The van der Waals surface area contributed by atoms with E-state index in [2.05, 4.69) is 10.3 Å². The topological polar surface area (TPSA) is 101 Å². The molecular weight excluding hydrogens is 342 g/mol. The quantitative estimate of drug-likeness (QED) is 0.289. The van der Waals surface area contributed by atoms with Crippen LogP contribution in [0.25, 0.3) is 0 Å². The van der Waals surface area contributed by atoms with E-state index in [0.717, 1.165) is 6.26 Å². The second kappa shape index (κ2) is 7.02. The minimum Gasteiger partial charge on any atom is -0.485 e. The van der Waals surface area contributed by atoms with Gasteiger partial charge in [-0.2, -0.15) is 13.7 Å². The average Bonchev–Trinajstić information content (AvgIpc) is 2.48. The molecule has 2 rings (SSSR count). The van der Waals surface area contributed by atoms with E-state index in [9.17, 15) is 8.42 Å². The number of ether oxygens (including phenoxy) is 1. The molecule has 136 valence electrons. The van der Waals surface area contributed by atoms with Crippen LogP contribution in [0.15, 0.2) is 29.3 Å². The summed E-state index contributed by atoms with van der Waals surface area (Å²) in [4.78, 5) is 4.64. The molecule has 7 nitrogen and oxygen atoms in total. The molecule has 0 fully saturated rings. The van der Waals surface area contributed by atoms with Gasteiger partial charge in [0, 0.05) is 11.5 Å². The molecule has 0 saturated carbocycles. The van der Waals surface area contributed by atoms with Crippen molar-refractivity contribution < 1.29 is 17.3 Å². The summed E-state index contributed by atoms with van der Waals surface area (Å²) in [5, 5.41) is 11.6. The summed E-state index contributed by atoms with van der Waals surface area (Å²) >= 11 is 0. The number of hydrogen-bond donors (Lipinski definition) is 1. The molecule has 0 spiro atoms. The maximum Gasteiger partial charge on any atom is 0.264 e. The van der Waals surface area contributed by atoms with Gasteiger partial charge in [0.1, 0.15) is 29.3 Å². The monoisotopic (exact) mass is 365 g/mol. The highest BCUT2D eigenvalue weighted by atomic mass is 32.2. The first-order valence-corrected chi connectivity index (χ1v) is 9.76. The van der Waals surface area contributed by atoms with Crippen molar-refractivity contribution in [1.82, 2.24) is 5.32 Å². The zero-order valence-electron chi connectivity index (χ0n) is 15.0. The van der Waals surface area contributed by atoms with Gasteiger partial charge in [0.25, 0.3) is 10.1 Å². The molecule has 0 aromatic heterocycles. The number of benzene rings is 1. The SMILES string of the molecule is CC(C)C(=NC1c2ccccc2OC(C)(C)C1OS(C)(=O)=O)NC#N. The number of amidine groups is 1. The number of para-hydroxylation sites is 1. The van der Waals surface area contributed by atoms with Crippen LogP contribution in [0, 0.1) is 17.4 Å². The van der Waals surface area contributed by atoms with Gasteiger partial charge in [-0.05, 0) is 19.9 Å². The highest BCUT2D eigenvalue weighted by Crippen LogP contribution is 2.43. The molecule has 0 saturated heterocycles. The molecular formula is C17H23N3O4S. The van der Waals surface area contributed by atoms with Gasteiger partial charge in [-0.1, -0.05) is 32.0 Å². The van der Waals surface area contributed by atoms with Gasteiger partial charge in [0.2, 0.25) is 0 Å². The fourth-order valence-corrected chi connectivity index (χ4v) is 3.44. The van der Waals surface area contributed by atoms with Gasteiger partial charge >= 0.3 is 0 Å². The summed E-state index contributed by atoms with van der Waals surface area (Å²) < 4.78 is 34.9. The standard InChI is InChI=1S/C17H23N3O4S/c1-11(2)16(19-10-18)20-14-12-8-6-7-9-13(12)23-17(3,4)15(14)24-25(5,21)22/h6-9,11,14-15H,1-5H3,(H,19,20). The molecule has 1 heterocycles. The lowest BCUT2D eigenvalue weighted by Gasteiger charge is -2.42. The van der Waals surface area contributed by atoms with Crippen molar-refractivity contribution in [2.45, 2.75) is 45.4 Å². The molecule has 2 unspecified atom stereocenters. The van der Waals surface area contributed by atoms with E-state index in [-0.39, 0.29) is 5.92 Å². The van der Waals surface area contributed by atoms with Crippen LogP contribution in [0.2, 0.25) is 0 Å². The predicted molar refractivity (Wildman–Crippen MR) is 94.6 cm³/mol. The van der Waals surface area contributed by atoms with Crippen molar-refractivity contribution in [3.63, 3.8) is 0 Å². The lowest BCUT2D eigenvalue weighted by Crippen LogP contribution is -2.51. The van der Waals surface area contributed by atoms with E-state index in [1.54, 1.807) is 13.8 Å². The van der Waals surface area contributed by atoms with Crippen LogP contribution < -0.4 is 10.1 Å². The Morgan fingerprint density at radius 3 is 2.60 bits per heavy atom. The Morgan fingerprint density at radius 2 is 2.04 bits per heavy atom.